The molecule has 4 nitrogen and oxygen atoms in total. The van der Waals surface area contributed by atoms with Gasteiger partial charge in [0.25, 0.3) is 0 Å². The van der Waals surface area contributed by atoms with Gasteiger partial charge >= 0.3 is 5.97 Å². The number of esters is 1. The van der Waals surface area contributed by atoms with E-state index in [0.717, 1.165) is 52.1 Å². The fraction of sp³-hybridized carbons (Fsp3) is 0.609. The number of hydrogen-bond acceptors (Lipinski definition) is 4. The highest BCUT2D eigenvalue weighted by Gasteiger charge is 2.44. The van der Waals surface area contributed by atoms with Crippen molar-refractivity contribution in [2.75, 3.05) is 33.4 Å². The van der Waals surface area contributed by atoms with Crippen molar-refractivity contribution in [3.05, 3.63) is 47.5 Å². The van der Waals surface area contributed by atoms with Crippen LogP contribution in [0.25, 0.3) is 0 Å². The molecule has 0 unspecified atom stereocenters. The zero-order valence-electron chi connectivity index (χ0n) is 17.0. The molecule has 3 rings (SSSR count). The molecule has 1 heterocycles. The minimum atomic E-state index is -0.405. The van der Waals surface area contributed by atoms with Crippen LogP contribution in [-0.2, 0) is 20.8 Å². The molecular formula is C23H33NO3. The first-order chi connectivity index (χ1) is 12.9. The fourth-order valence-corrected chi connectivity index (χ4v) is 4.66. The first-order valence-electron chi connectivity index (χ1n) is 10.1. The number of carbonyl (C=O) groups excluding carboxylic acids is 1. The van der Waals surface area contributed by atoms with Crippen LogP contribution in [0.3, 0.4) is 0 Å². The number of rotatable bonds is 5. The number of nitrogens with zero attached hydrogens (tertiary/aromatic N) is 1. The minimum absolute atomic E-state index is 0.0865. The van der Waals surface area contributed by atoms with Crippen molar-refractivity contribution in [1.82, 2.24) is 4.90 Å². The van der Waals surface area contributed by atoms with Crippen LogP contribution in [0.1, 0.15) is 50.2 Å². The predicted octanol–water partition coefficient (Wildman–Crippen LogP) is 4.16. The smallest absolute Gasteiger partial charge is 0.311 e. The van der Waals surface area contributed by atoms with Crippen molar-refractivity contribution >= 4 is 5.97 Å². The molecule has 4 heteroatoms. The van der Waals surface area contributed by atoms with Gasteiger partial charge in [-0.1, -0.05) is 36.4 Å². The molecule has 27 heavy (non-hydrogen) atoms. The molecular weight excluding hydrogens is 338 g/mol. The van der Waals surface area contributed by atoms with E-state index in [1.54, 1.807) is 0 Å². The first-order valence-corrected chi connectivity index (χ1v) is 10.1. The Bertz CT molecular complexity index is 663. The highest BCUT2D eigenvalue weighted by Crippen LogP contribution is 2.49. The standard InChI is InChI=1S/C23H33NO3/c1-17(2)20-9-10-23(3,22(25)26-4)15-21(20)19-7-5-18(6-8-19)16-24-11-13-27-14-12-24/h5-8,20-21H,1,9-16H2,2-4H3/t20-,21-,23-/m0/s1. The summed E-state index contributed by atoms with van der Waals surface area (Å²) in [6.45, 7) is 13.0. The SMILES string of the molecule is C=C(C)[C@@H]1CC[C@](C)(C(=O)OC)C[C@H]1c1ccc(CN2CCOCC2)cc1. The quantitative estimate of drug-likeness (QED) is 0.575. The Labute approximate surface area is 163 Å². The molecule has 0 radical (unpaired) electrons. The van der Waals surface area contributed by atoms with E-state index >= 15 is 0 Å². The Morgan fingerprint density at radius 2 is 1.96 bits per heavy atom. The summed E-state index contributed by atoms with van der Waals surface area (Å²) in [4.78, 5) is 14.8. The van der Waals surface area contributed by atoms with Crippen LogP contribution < -0.4 is 0 Å². The maximum absolute atomic E-state index is 12.4. The van der Waals surface area contributed by atoms with Crippen LogP contribution in [0.2, 0.25) is 0 Å². The second kappa shape index (κ2) is 8.57. The van der Waals surface area contributed by atoms with Gasteiger partial charge in [0.05, 0.1) is 25.7 Å². The number of hydrogen-bond donors (Lipinski definition) is 0. The molecule has 0 aromatic heterocycles. The molecule has 0 bridgehead atoms. The second-order valence-electron chi connectivity index (χ2n) is 8.48. The lowest BCUT2D eigenvalue weighted by Gasteiger charge is -2.41. The van der Waals surface area contributed by atoms with Crippen molar-refractivity contribution < 1.29 is 14.3 Å². The third-order valence-corrected chi connectivity index (χ3v) is 6.39. The predicted molar refractivity (Wildman–Crippen MR) is 108 cm³/mol. The summed E-state index contributed by atoms with van der Waals surface area (Å²) in [5, 5.41) is 0. The van der Waals surface area contributed by atoms with E-state index in [9.17, 15) is 4.79 Å². The zero-order chi connectivity index (χ0) is 19.4. The van der Waals surface area contributed by atoms with Gasteiger partial charge in [-0.25, -0.2) is 0 Å². The van der Waals surface area contributed by atoms with Gasteiger partial charge in [-0.05, 0) is 56.1 Å². The van der Waals surface area contributed by atoms with Gasteiger partial charge in [-0.2, -0.15) is 0 Å². The van der Waals surface area contributed by atoms with Crippen LogP contribution in [0, 0.1) is 11.3 Å². The summed E-state index contributed by atoms with van der Waals surface area (Å²) in [5.41, 5.74) is 3.45. The fourth-order valence-electron chi connectivity index (χ4n) is 4.66. The van der Waals surface area contributed by atoms with E-state index in [0.29, 0.717) is 11.8 Å². The average Bonchev–Trinajstić information content (AvgIpc) is 2.68. The van der Waals surface area contributed by atoms with E-state index in [-0.39, 0.29) is 5.97 Å². The Kier molecular flexibility index (Phi) is 6.38. The molecule has 2 aliphatic rings. The summed E-state index contributed by atoms with van der Waals surface area (Å²) in [7, 11) is 1.49. The Morgan fingerprint density at radius 1 is 1.30 bits per heavy atom. The molecule has 1 aromatic carbocycles. The van der Waals surface area contributed by atoms with Crippen molar-refractivity contribution in [2.24, 2.45) is 11.3 Å². The maximum atomic E-state index is 12.4. The minimum Gasteiger partial charge on any atom is -0.469 e. The summed E-state index contributed by atoms with van der Waals surface area (Å²) in [6.07, 6.45) is 2.67. The van der Waals surface area contributed by atoms with Gasteiger partial charge in [0, 0.05) is 19.6 Å². The summed E-state index contributed by atoms with van der Waals surface area (Å²) >= 11 is 0. The number of methoxy groups -OCH3 is 1. The molecule has 1 saturated carbocycles. The molecule has 0 N–H and O–H groups in total. The van der Waals surface area contributed by atoms with E-state index in [4.69, 9.17) is 9.47 Å². The van der Waals surface area contributed by atoms with Crippen LogP contribution >= 0.6 is 0 Å². The second-order valence-corrected chi connectivity index (χ2v) is 8.48. The van der Waals surface area contributed by atoms with E-state index < -0.39 is 5.41 Å². The average molecular weight is 372 g/mol. The third-order valence-electron chi connectivity index (χ3n) is 6.39. The molecule has 1 saturated heterocycles. The topological polar surface area (TPSA) is 38.8 Å². The lowest BCUT2D eigenvalue weighted by molar-refractivity contribution is -0.154. The molecule has 2 fully saturated rings. The van der Waals surface area contributed by atoms with Gasteiger partial charge in [0.2, 0.25) is 0 Å². The van der Waals surface area contributed by atoms with Crippen molar-refractivity contribution in [3.63, 3.8) is 0 Å². The van der Waals surface area contributed by atoms with E-state index in [1.807, 2.05) is 6.92 Å². The van der Waals surface area contributed by atoms with Gasteiger partial charge in [0.1, 0.15) is 0 Å². The summed E-state index contributed by atoms with van der Waals surface area (Å²) in [5.74, 6) is 0.655. The Hall–Kier alpha value is -1.65. The van der Waals surface area contributed by atoms with Gasteiger partial charge in [-0.15, -0.1) is 0 Å². The normalized spacial score (nSPS) is 29.3. The highest BCUT2D eigenvalue weighted by atomic mass is 16.5. The van der Waals surface area contributed by atoms with Crippen LogP contribution in [0.4, 0.5) is 0 Å². The third kappa shape index (κ3) is 4.61. The van der Waals surface area contributed by atoms with Crippen LogP contribution in [0.15, 0.2) is 36.4 Å². The molecule has 3 atom stereocenters. The zero-order valence-corrected chi connectivity index (χ0v) is 17.0. The molecule has 1 aromatic rings. The lowest BCUT2D eigenvalue weighted by Crippen LogP contribution is -2.37. The van der Waals surface area contributed by atoms with Gasteiger partial charge < -0.3 is 9.47 Å². The molecule has 148 valence electrons. The molecule has 1 aliphatic heterocycles. The first kappa shape index (κ1) is 20.1. The van der Waals surface area contributed by atoms with Crippen LogP contribution in [0.5, 0.6) is 0 Å². The van der Waals surface area contributed by atoms with Crippen molar-refractivity contribution in [1.29, 1.82) is 0 Å². The summed E-state index contributed by atoms with van der Waals surface area (Å²) < 4.78 is 10.5. The largest absolute Gasteiger partial charge is 0.469 e. The van der Waals surface area contributed by atoms with Crippen LogP contribution in [-0.4, -0.2) is 44.3 Å². The highest BCUT2D eigenvalue weighted by molar-refractivity contribution is 5.76. The Balaban J connectivity index is 1.76. The van der Waals surface area contributed by atoms with Crippen molar-refractivity contribution in [3.8, 4) is 0 Å². The number of carbonyl (C=O) groups is 1. The Morgan fingerprint density at radius 3 is 2.56 bits per heavy atom. The monoisotopic (exact) mass is 371 g/mol. The van der Waals surface area contributed by atoms with E-state index in [2.05, 4.69) is 42.7 Å². The molecule has 0 spiro atoms. The molecule has 0 amide bonds. The van der Waals surface area contributed by atoms with Crippen molar-refractivity contribution in [2.45, 2.75) is 45.6 Å². The number of allylic oxidation sites excluding steroid dienone is 1. The summed E-state index contributed by atoms with van der Waals surface area (Å²) in [6, 6.07) is 8.98. The van der Waals surface area contributed by atoms with Gasteiger partial charge in [-0.3, -0.25) is 9.69 Å². The number of ether oxygens (including phenoxy) is 2. The van der Waals surface area contributed by atoms with E-state index in [1.165, 1.54) is 23.8 Å². The number of morpholine rings is 1. The number of benzene rings is 1. The maximum Gasteiger partial charge on any atom is 0.311 e. The molecule has 1 aliphatic carbocycles. The van der Waals surface area contributed by atoms with Gasteiger partial charge in [0.15, 0.2) is 0 Å². The lowest BCUT2D eigenvalue weighted by atomic mass is 9.62.